The highest BCUT2D eigenvalue weighted by Gasteiger charge is 2.09. The van der Waals surface area contributed by atoms with E-state index < -0.39 is 5.97 Å². The summed E-state index contributed by atoms with van der Waals surface area (Å²) in [6.07, 6.45) is 1.67. The summed E-state index contributed by atoms with van der Waals surface area (Å²) in [7, 11) is 0. The minimum absolute atomic E-state index is 0.0275. The normalized spacial score (nSPS) is 11.8. The monoisotopic (exact) mass is 362 g/mol. The molecule has 1 atom stereocenters. The molecule has 1 heterocycles. The number of hydrogen-bond donors (Lipinski definition) is 2. The van der Waals surface area contributed by atoms with E-state index in [1.807, 2.05) is 43.3 Å². The summed E-state index contributed by atoms with van der Waals surface area (Å²) in [4.78, 5) is 15.4. The largest absolute Gasteiger partial charge is 0.487 e. The van der Waals surface area contributed by atoms with E-state index in [0.717, 1.165) is 22.4 Å². The number of nitrogens with zero attached hydrogens (tertiary/aromatic N) is 1. The average molecular weight is 362 g/mol. The number of carboxylic acids is 1. The zero-order valence-corrected chi connectivity index (χ0v) is 15.1. The highest BCUT2D eigenvalue weighted by molar-refractivity contribution is 5.71. The molecule has 5 heteroatoms. The maximum atomic E-state index is 11.0. The van der Waals surface area contributed by atoms with E-state index in [2.05, 4.69) is 11.1 Å². The molecular weight excluding hydrogens is 340 g/mol. The van der Waals surface area contributed by atoms with Crippen LogP contribution in [0.4, 0.5) is 0 Å². The Morgan fingerprint density at radius 2 is 1.89 bits per heavy atom. The first-order valence-electron chi connectivity index (χ1n) is 8.76. The number of benzene rings is 2. The lowest BCUT2D eigenvalue weighted by Gasteiger charge is -2.11. The van der Waals surface area contributed by atoms with Crippen LogP contribution in [0.2, 0.25) is 0 Å². The molecule has 0 bridgehead atoms. The van der Waals surface area contributed by atoms with Gasteiger partial charge in [-0.1, -0.05) is 36.4 Å². The molecule has 3 aromatic rings. The van der Waals surface area contributed by atoms with Crippen molar-refractivity contribution >= 4 is 5.97 Å². The Kier molecular flexibility index (Phi) is 5.84. The Labute approximate surface area is 158 Å². The molecule has 3 N–H and O–H groups in total. The molecule has 0 radical (unpaired) electrons. The molecule has 0 aliphatic carbocycles. The molecule has 2 aromatic carbocycles. The maximum absolute atomic E-state index is 11.0. The van der Waals surface area contributed by atoms with Crippen molar-refractivity contribution in [3.8, 4) is 16.9 Å². The predicted molar refractivity (Wildman–Crippen MR) is 104 cm³/mol. The fourth-order valence-corrected chi connectivity index (χ4v) is 2.84. The lowest BCUT2D eigenvalue weighted by Crippen LogP contribution is -2.05. The molecule has 138 valence electrons. The molecule has 5 nitrogen and oxygen atoms in total. The van der Waals surface area contributed by atoms with Crippen LogP contribution in [0.15, 0.2) is 66.9 Å². The number of nitrogens with two attached hydrogens (primary N) is 1. The number of carboxylic acid groups (broad SMARTS) is 1. The zero-order valence-electron chi connectivity index (χ0n) is 15.1. The maximum Gasteiger partial charge on any atom is 0.307 e. The highest BCUT2D eigenvalue weighted by Crippen LogP contribution is 2.24. The number of aliphatic carboxylic acids is 1. The third-order valence-corrected chi connectivity index (χ3v) is 4.25. The van der Waals surface area contributed by atoms with E-state index in [4.69, 9.17) is 15.6 Å². The van der Waals surface area contributed by atoms with Gasteiger partial charge < -0.3 is 15.6 Å². The first kappa shape index (κ1) is 18.6. The standard InChI is InChI=1S/C22H22N2O3/c1-15(23)16-6-4-7-17(11-16)18-9-10-24-20(12-18)14-27-21-8-3-2-5-19(21)13-22(25)26/h2-12,15H,13-14,23H2,1H3,(H,25,26). The van der Waals surface area contributed by atoms with Crippen molar-refractivity contribution in [3.63, 3.8) is 0 Å². The number of aromatic nitrogens is 1. The van der Waals surface area contributed by atoms with Gasteiger partial charge in [0.05, 0.1) is 12.1 Å². The van der Waals surface area contributed by atoms with E-state index in [1.54, 1.807) is 24.4 Å². The van der Waals surface area contributed by atoms with Crippen LogP contribution in [0, 0.1) is 0 Å². The topological polar surface area (TPSA) is 85.4 Å². The molecule has 0 amide bonds. The smallest absolute Gasteiger partial charge is 0.307 e. The lowest BCUT2D eigenvalue weighted by atomic mass is 10.0. The van der Waals surface area contributed by atoms with Crippen LogP contribution >= 0.6 is 0 Å². The van der Waals surface area contributed by atoms with Crippen LogP contribution < -0.4 is 10.5 Å². The van der Waals surface area contributed by atoms with Crippen LogP contribution in [-0.4, -0.2) is 16.1 Å². The van der Waals surface area contributed by atoms with Gasteiger partial charge in [0.1, 0.15) is 12.4 Å². The molecule has 0 spiro atoms. The number of rotatable bonds is 7. The summed E-state index contributed by atoms with van der Waals surface area (Å²) in [6, 6.07) is 19.2. The van der Waals surface area contributed by atoms with E-state index >= 15 is 0 Å². The van der Waals surface area contributed by atoms with E-state index in [9.17, 15) is 4.79 Å². The molecule has 3 rings (SSSR count). The first-order chi connectivity index (χ1) is 13.0. The molecule has 1 aromatic heterocycles. The van der Waals surface area contributed by atoms with Crippen molar-refractivity contribution < 1.29 is 14.6 Å². The Bertz CT molecular complexity index is 938. The van der Waals surface area contributed by atoms with Crippen LogP contribution in [0.25, 0.3) is 11.1 Å². The molecular formula is C22H22N2O3. The lowest BCUT2D eigenvalue weighted by molar-refractivity contribution is -0.136. The Hall–Kier alpha value is -3.18. The predicted octanol–water partition coefficient (Wildman–Crippen LogP) is 3.97. The summed E-state index contributed by atoms with van der Waals surface area (Å²) in [5.41, 5.74) is 10.6. The third-order valence-electron chi connectivity index (χ3n) is 4.25. The van der Waals surface area contributed by atoms with Crippen molar-refractivity contribution in [2.75, 3.05) is 0 Å². The van der Waals surface area contributed by atoms with Crippen molar-refractivity contribution in [3.05, 3.63) is 83.7 Å². The number of hydrogen-bond acceptors (Lipinski definition) is 4. The minimum Gasteiger partial charge on any atom is -0.487 e. The quantitative estimate of drug-likeness (QED) is 0.664. The van der Waals surface area contributed by atoms with Gasteiger partial charge in [-0.2, -0.15) is 0 Å². The summed E-state index contributed by atoms with van der Waals surface area (Å²) in [5, 5.41) is 9.02. The van der Waals surface area contributed by atoms with Crippen molar-refractivity contribution in [1.82, 2.24) is 4.98 Å². The Morgan fingerprint density at radius 3 is 2.67 bits per heavy atom. The molecule has 0 saturated carbocycles. The minimum atomic E-state index is -0.889. The number of carbonyl (C=O) groups is 1. The van der Waals surface area contributed by atoms with Gasteiger partial charge in [-0.3, -0.25) is 9.78 Å². The van der Waals surface area contributed by atoms with Gasteiger partial charge in [-0.05, 0) is 47.9 Å². The van der Waals surface area contributed by atoms with Gasteiger partial charge in [0, 0.05) is 17.8 Å². The van der Waals surface area contributed by atoms with Crippen LogP contribution in [0.5, 0.6) is 5.75 Å². The Balaban J connectivity index is 1.77. The molecule has 0 aliphatic rings. The fraction of sp³-hybridized carbons (Fsp3) is 0.182. The van der Waals surface area contributed by atoms with Gasteiger partial charge in [0.15, 0.2) is 0 Å². The van der Waals surface area contributed by atoms with Crippen LogP contribution in [0.3, 0.4) is 0 Å². The SMILES string of the molecule is CC(N)c1cccc(-c2ccnc(COc3ccccc3CC(=O)O)c2)c1. The van der Waals surface area contributed by atoms with Crippen molar-refractivity contribution in [2.45, 2.75) is 26.0 Å². The molecule has 0 fully saturated rings. The van der Waals surface area contributed by atoms with Gasteiger partial charge in [-0.25, -0.2) is 0 Å². The van der Waals surface area contributed by atoms with Crippen molar-refractivity contribution in [2.24, 2.45) is 5.73 Å². The number of ether oxygens (including phenoxy) is 1. The Morgan fingerprint density at radius 1 is 1.11 bits per heavy atom. The van der Waals surface area contributed by atoms with Gasteiger partial charge in [0.25, 0.3) is 0 Å². The van der Waals surface area contributed by atoms with Gasteiger partial charge in [-0.15, -0.1) is 0 Å². The number of para-hydroxylation sites is 1. The second kappa shape index (κ2) is 8.47. The van der Waals surface area contributed by atoms with Crippen LogP contribution in [-0.2, 0) is 17.8 Å². The summed E-state index contributed by atoms with van der Waals surface area (Å²) < 4.78 is 5.83. The first-order valence-corrected chi connectivity index (χ1v) is 8.76. The summed E-state index contributed by atoms with van der Waals surface area (Å²) in [5.74, 6) is -0.328. The number of pyridine rings is 1. The van der Waals surface area contributed by atoms with Crippen LogP contribution in [0.1, 0.15) is 29.8 Å². The van der Waals surface area contributed by atoms with E-state index in [0.29, 0.717) is 11.3 Å². The average Bonchev–Trinajstić information content (AvgIpc) is 2.67. The fourth-order valence-electron chi connectivity index (χ4n) is 2.84. The zero-order chi connectivity index (χ0) is 19.2. The van der Waals surface area contributed by atoms with E-state index in [1.165, 1.54) is 0 Å². The second-order valence-corrected chi connectivity index (χ2v) is 6.42. The molecule has 0 saturated heterocycles. The van der Waals surface area contributed by atoms with Gasteiger partial charge >= 0.3 is 5.97 Å². The van der Waals surface area contributed by atoms with E-state index in [-0.39, 0.29) is 19.1 Å². The molecule has 1 unspecified atom stereocenters. The summed E-state index contributed by atoms with van der Waals surface area (Å²) in [6.45, 7) is 2.22. The summed E-state index contributed by atoms with van der Waals surface area (Å²) >= 11 is 0. The second-order valence-electron chi connectivity index (χ2n) is 6.42. The van der Waals surface area contributed by atoms with Gasteiger partial charge in [0.2, 0.25) is 0 Å². The van der Waals surface area contributed by atoms with Crippen molar-refractivity contribution in [1.29, 1.82) is 0 Å². The highest BCUT2D eigenvalue weighted by atomic mass is 16.5. The third kappa shape index (κ3) is 4.92. The molecule has 0 aliphatic heterocycles. The molecule has 27 heavy (non-hydrogen) atoms.